The molecule has 1 aliphatic carbocycles. The van der Waals surface area contributed by atoms with Crippen molar-refractivity contribution in [3.05, 3.63) is 36.0 Å². The molecule has 1 saturated heterocycles. The molecule has 21 heavy (non-hydrogen) atoms. The maximum Gasteiger partial charge on any atom is 0.137 e. The Morgan fingerprint density at radius 3 is 2.90 bits per heavy atom. The van der Waals surface area contributed by atoms with Crippen molar-refractivity contribution in [1.82, 2.24) is 4.98 Å². The fraction of sp³-hybridized carbons (Fsp3) is 0.500. The number of alkyl halides is 1. The Labute approximate surface area is 131 Å². The van der Waals surface area contributed by atoms with E-state index in [1.54, 1.807) is 0 Å². The van der Waals surface area contributed by atoms with Crippen molar-refractivity contribution < 1.29 is 0 Å². The summed E-state index contributed by atoms with van der Waals surface area (Å²) in [6.07, 6.45) is 6.79. The van der Waals surface area contributed by atoms with Gasteiger partial charge in [0.25, 0.3) is 0 Å². The van der Waals surface area contributed by atoms with Crippen LogP contribution in [0.1, 0.15) is 37.8 Å². The van der Waals surface area contributed by atoms with Gasteiger partial charge in [0.15, 0.2) is 0 Å². The zero-order valence-electron chi connectivity index (χ0n) is 12.3. The first-order chi connectivity index (χ1) is 10.4. The molecule has 2 fully saturated rings. The van der Waals surface area contributed by atoms with Crippen molar-refractivity contribution >= 4 is 28.2 Å². The SMILES string of the molecule is ClCc1cc2ccccc2c(N2CCCC3CCCC32)n1. The van der Waals surface area contributed by atoms with Crippen LogP contribution in [0, 0.1) is 5.92 Å². The summed E-state index contributed by atoms with van der Waals surface area (Å²) in [6.45, 7) is 1.14. The van der Waals surface area contributed by atoms with E-state index in [2.05, 4.69) is 35.2 Å². The van der Waals surface area contributed by atoms with Crippen molar-refractivity contribution in [3.8, 4) is 0 Å². The van der Waals surface area contributed by atoms with Crippen molar-refractivity contribution in [2.24, 2.45) is 5.92 Å². The second-order valence-electron chi connectivity index (χ2n) is 6.39. The normalized spacial score (nSPS) is 25.3. The standard InChI is InChI=1S/C18H21ClN2/c19-12-15-11-14-5-1-2-8-16(14)18(20-15)21-10-4-7-13-6-3-9-17(13)21/h1-2,5,8,11,13,17H,3-4,6-7,9-10,12H2. The van der Waals surface area contributed by atoms with Crippen molar-refractivity contribution in [1.29, 1.82) is 0 Å². The number of halogens is 1. The van der Waals surface area contributed by atoms with Gasteiger partial charge in [-0.05, 0) is 43.1 Å². The lowest BCUT2D eigenvalue weighted by Gasteiger charge is -2.39. The van der Waals surface area contributed by atoms with Crippen LogP contribution < -0.4 is 4.90 Å². The summed E-state index contributed by atoms with van der Waals surface area (Å²) in [7, 11) is 0. The van der Waals surface area contributed by atoms with Crippen LogP contribution in [0.15, 0.2) is 30.3 Å². The lowest BCUT2D eigenvalue weighted by atomic mass is 9.91. The van der Waals surface area contributed by atoms with E-state index in [4.69, 9.17) is 16.6 Å². The van der Waals surface area contributed by atoms with Gasteiger partial charge in [0.05, 0.1) is 11.6 Å². The van der Waals surface area contributed by atoms with Gasteiger partial charge in [-0.15, -0.1) is 11.6 Å². The van der Waals surface area contributed by atoms with Gasteiger partial charge in [-0.2, -0.15) is 0 Å². The van der Waals surface area contributed by atoms with Crippen molar-refractivity contribution in [2.45, 2.75) is 44.0 Å². The Morgan fingerprint density at radius 1 is 1.14 bits per heavy atom. The molecule has 0 radical (unpaired) electrons. The van der Waals surface area contributed by atoms with Gasteiger partial charge >= 0.3 is 0 Å². The summed E-state index contributed by atoms with van der Waals surface area (Å²) in [6, 6.07) is 11.4. The lowest BCUT2D eigenvalue weighted by Crippen LogP contribution is -2.43. The van der Waals surface area contributed by atoms with Gasteiger partial charge in [-0.3, -0.25) is 0 Å². The third-order valence-electron chi connectivity index (χ3n) is 5.18. The highest BCUT2D eigenvalue weighted by Gasteiger charge is 2.36. The Kier molecular flexibility index (Phi) is 3.50. The molecule has 2 aromatic rings. The smallest absolute Gasteiger partial charge is 0.137 e. The molecule has 2 heterocycles. The average molecular weight is 301 g/mol. The second-order valence-corrected chi connectivity index (χ2v) is 6.65. The van der Waals surface area contributed by atoms with Gasteiger partial charge in [-0.25, -0.2) is 4.98 Å². The van der Waals surface area contributed by atoms with Gasteiger partial charge in [0.1, 0.15) is 5.82 Å². The molecular weight excluding hydrogens is 280 g/mol. The molecule has 110 valence electrons. The van der Waals surface area contributed by atoms with E-state index in [1.165, 1.54) is 48.7 Å². The fourth-order valence-corrected chi connectivity index (χ4v) is 4.38. The molecule has 2 aliphatic rings. The third kappa shape index (κ3) is 2.30. The zero-order valence-corrected chi connectivity index (χ0v) is 13.0. The Hall–Kier alpha value is -1.28. The zero-order chi connectivity index (χ0) is 14.2. The minimum atomic E-state index is 0.486. The number of hydrogen-bond donors (Lipinski definition) is 0. The van der Waals surface area contributed by atoms with E-state index in [0.717, 1.165) is 18.2 Å². The molecule has 1 saturated carbocycles. The highest BCUT2D eigenvalue weighted by molar-refractivity contribution is 6.17. The van der Waals surface area contributed by atoms with Gasteiger partial charge in [0, 0.05) is 18.0 Å². The van der Waals surface area contributed by atoms with E-state index in [-0.39, 0.29) is 0 Å². The minimum Gasteiger partial charge on any atom is -0.353 e. The molecule has 0 bridgehead atoms. The van der Waals surface area contributed by atoms with E-state index in [1.807, 2.05) is 0 Å². The molecular formula is C18H21ClN2. The summed E-state index contributed by atoms with van der Waals surface area (Å²) in [5, 5.41) is 2.54. The Morgan fingerprint density at radius 2 is 2.00 bits per heavy atom. The number of nitrogens with zero attached hydrogens (tertiary/aromatic N) is 2. The first-order valence-electron chi connectivity index (χ1n) is 8.08. The summed E-state index contributed by atoms with van der Waals surface area (Å²) < 4.78 is 0. The van der Waals surface area contributed by atoms with Gasteiger partial charge in [-0.1, -0.05) is 30.7 Å². The molecule has 2 unspecified atom stereocenters. The molecule has 0 spiro atoms. The van der Waals surface area contributed by atoms with Crippen LogP contribution in [0.25, 0.3) is 10.8 Å². The van der Waals surface area contributed by atoms with E-state index in [9.17, 15) is 0 Å². The lowest BCUT2D eigenvalue weighted by molar-refractivity contribution is 0.361. The molecule has 2 nitrogen and oxygen atoms in total. The highest BCUT2D eigenvalue weighted by atomic mass is 35.5. The first-order valence-corrected chi connectivity index (χ1v) is 8.61. The number of benzene rings is 1. The largest absolute Gasteiger partial charge is 0.353 e. The molecule has 0 amide bonds. The second kappa shape index (κ2) is 5.49. The number of piperidine rings is 1. The molecule has 1 aromatic heterocycles. The van der Waals surface area contributed by atoms with Crippen LogP contribution in [0.5, 0.6) is 0 Å². The number of hydrogen-bond acceptors (Lipinski definition) is 2. The molecule has 2 atom stereocenters. The van der Waals surface area contributed by atoms with Crippen molar-refractivity contribution in [2.75, 3.05) is 11.4 Å². The van der Waals surface area contributed by atoms with E-state index in [0.29, 0.717) is 11.9 Å². The maximum atomic E-state index is 6.07. The predicted octanol–water partition coefficient (Wildman–Crippen LogP) is 4.74. The topological polar surface area (TPSA) is 16.1 Å². The van der Waals surface area contributed by atoms with Crippen LogP contribution in [0.3, 0.4) is 0 Å². The number of pyridine rings is 1. The highest BCUT2D eigenvalue weighted by Crippen LogP contribution is 2.40. The van der Waals surface area contributed by atoms with Gasteiger partial charge in [0.2, 0.25) is 0 Å². The maximum absolute atomic E-state index is 6.07. The first kappa shape index (κ1) is 13.4. The molecule has 3 heteroatoms. The monoisotopic (exact) mass is 300 g/mol. The summed E-state index contributed by atoms with van der Waals surface area (Å²) in [4.78, 5) is 7.48. The van der Waals surface area contributed by atoms with Crippen LogP contribution in [0.2, 0.25) is 0 Å². The molecule has 4 rings (SSSR count). The van der Waals surface area contributed by atoms with E-state index >= 15 is 0 Å². The fourth-order valence-electron chi connectivity index (χ4n) is 4.24. The number of anilines is 1. The van der Waals surface area contributed by atoms with E-state index < -0.39 is 0 Å². The molecule has 1 aromatic carbocycles. The average Bonchev–Trinajstić information content (AvgIpc) is 3.02. The van der Waals surface area contributed by atoms with Crippen LogP contribution in [-0.2, 0) is 5.88 Å². The number of aromatic nitrogens is 1. The van der Waals surface area contributed by atoms with Crippen LogP contribution in [0.4, 0.5) is 5.82 Å². The summed E-state index contributed by atoms with van der Waals surface area (Å²) in [5.41, 5.74) is 0.991. The molecule has 0 N–H and O–H groups in total. The quantitative estimate of drug-likeness (QED) is 0.745. The van der Waals surface area contributed by atoms with Crippen LogP contribution in [-0.4, -0.2) is 17.6 Å². The summed E-state index contributed by atoms with van der Waals surface area (Å²) in [5.74, 6) is 2.53. The summed E-state index contributed by atoms with van der Waals surface area (Å²) >= 11 is 6.07. The number of rotatable bonds is 2. The Bertz CT molecular complexity index is 655. The minimum absolute atomic E-state index is 0.486. The number of fused-ring (bicyclic) bond motifs is 2. The molecule has 1 aliphatic heterocycles. The van der Waals surface area contributed by atoms with Gasteiger partial charge < -0.3 is 4.90 Å². The predicted molar refractivity (Wildman–Crippen MR) is 89.0 cm³/mol. The Balaban J connectivity index is 1.84. The van der Waals surface area contributed by atoms with Crippen molar-refractivity contribution in [3.63, 3.8) is 0 Å². The van der Waals surface area contributed by atoms with Crippen LogP contribution >= 0.6 is 11.6 Å². The third-order valence-corrected chi connectivity index (χ3v) is 5.45.